The van der Waals surface area contributed by atoms with E-state index in [-0.39, 0.29) is 11.9 Å². The van der Waals surface area contributed by atoms with Gasteiger partial charge in [-0.2, -0.15) is 0 Å². The average molecular weight is 269 g/mol. The van der Waals surface area contributed by atoms with Gasteiger partial charge < -0.3 is 10.1 Å². The lowest BCUT2D eigenvalue weighted by molar-refractivity contribution is 0.0906. The average Bonchev–Trinajstić information content (AvgIpc) is 2.48. The quantitative estimate of drug-likeness (QED) is 0.905. The van der Waals surface area contributed by atoms with Gasteiger partial charge in [0.2, 0.25) is 0 Å². The summed E-state index contributed by atoms with van der Waals surface area (Å²) in [6, 6.07) is 17.5. The number of rotatable bonds is 5. The van der Waals surface area contributed by atoms with Crippen LogP contribution in [-0.4, -0.2) is 25.7 Å². The van der Waals surface area contributed by atoms with Crippen molar-refractivity contribution in [3.63, 3.8) is 0 Å². The highest BCUT2D eigenvalue weighted by molar-refractivity contribution is 6.01. The van der Waals surface area contributed by atoms with Crippen molar-refractivity contribution >= 4 is 5.91 Å². The second kappa shape index (κ2) is 6.87. The van der Waals surface area contributed by atoms with Crippen LogP contribution in [0.25, 0.3) is 11.1 Å². The standard InChI is InChI=1S/C17H19NO2/c1-13(12-20-2)18-17(19)16-11-7-6-10-15(16)14-8-4-3-5-9-14/h3-11,13H,12H2,1-2H3,(H,18,19)/t13-/m0/s1. The molecule has 3 nitrogen and oxygen atoms in total. The summed E-state index contributed by atoms with van der Waals surface area (Å²) in [5.41, 5.74) is 2.66. The van der Waals surface area contributed by atoms with E-state index in [0.29, 0.717) is 12.2 Å². The van der Waals surface area contributed by atoms with E-state index in [4.69, 9.17) is 4.74 Å². The third-order valence-electron chi connectivity index (χ3n) is 3.05. The lowest BCUT2D eigenvalue weighted by Crippen LogP contribution is -2.35. The van der Waals surface area contributed by atoms with Crippen LogP contribution in [0.4, 0.5) is 0 Å². The van der Waals surface area contributed by atoms with Gasteiger partial charge >= 0.3 is 0 Å². The lowest BCUT2D eigenvalue weighted by atomic mass is 9.99. The van der Waals surface area contributed by atoms with E-state index in [0.717, 1.165) is 11.1 Å². The van der Waals surface area contributed by atoms with Gasteiger partial charge in [-0.05, 0) is 24.1 Å². The minimum absolute atomic E-state index is 0.0173. The number of benzene rings is 2. The minimum Gasteiger partial charge on any atom is -0.383 e. The van der Waals surface area contributed by atoms with Gasteiger partial charge in [0.1, 0.15) is 0 Å². The van der Waals surface area contributed by atoms with E-state index in [1.54, 1.807) is 7.11 Å². The molecule has 0 saturated heterocycles. The van der Waals surface area contributed by atoms with Gasteiger partial charge in [-0.15, -0.1) is 0 Å². The molecule has 0 aromatic heterocycles. The van der Waals surface area contributed by atoms with Crippen molar-refractivity contribution in [3.8, 4) is 11.1 Å². The van der Waals surface area contributed by atoms with Gasteiger partial charge in [-0.3, -0.25) is 4.79 Å². The van der Waals surface area contributed by atoms with Crippen LogP contribution in [0, 0.1) is 0 Å². The molecule has 0 saturated carbocycles. The summed E-state index contributed by atoms with van der Waals surface area (Å²) < 4.78 is 5.04. The maximum atomic E-state index is 12.4. The zero-order valence-electron chi connectivity index (χ0n) is 11.8. The second-order valence-electron chi connectivity index (χ2n) is 4.74. The molecule has 1 atom stereocenters. The van der Waals surface area contributed by atoms with Gasteiger partial charge in [0.25, 0.3) is 5.91 Å². The normalized spacial score (nSPS) is 11.9. The molecule has 0 fully saturated rings. The molecular formula is C17H19NO2. The van der Waals surface area contributed by atoms with Crippen molar-refractivity contribution in [2.24, 2.45) is 0 Å². The van der Waals surface area contributed by atoms with Gasteiger partial charge in [0.05, 0.1) is 6.61 Å². The predicted octanol–water partition coefficient (Wildman–Crippen LogP) is 3.12. The molecule has 3 heteroatoms. The Morgan fingerprint density at radius 3 is 2.45 bits per heavy atom. The first kappa shape index (κ1) is 14.3. The van der Waals surface area contributed by atoms with Crippen LogP contribution in [0.5, 0.6) is 0 Å². The van der Waals surface area contributed by atoms with Gasteiger partial charge in [-0.1, -0.05) is 48.5 Å². The molecule has 1 amide bonds. The van der Waals surface area contributed by atoms with Gasteiger partial charge in [-0.25, -0.2) is 0 Å². The Hall–Kier alpha value is -2.13. The number of ether oxygens (including phenoxy) is 1. The van der Waals surface area contributed by atoms with E-state index in [2.05, 4.69) is 5.32 Å². The van der Waals surface area contributed by atoms with Crippen molar-refractivity contribution in [1.29, 1.82) is 0 Å². The monoisotopic (exact) mass is 269 g/mol. The largest absolute Gasteiger partial charge is 0.383 e. The maximum absolute atomic E-state index is 12.4. The van der Waals surface area contributed by atoms with Crippen molar-refractivity contribution in [1.82, 2.24) is 5.32 Å². The summed E-state index contributed by atoms with van der Waals surface area (Å²) in [6.07, 6.45) is 0. The van der Waals surface area contributed by atoms with Crippen molar-refractivity contribution in [2.45, 2.75) is 13.0 Å². The summed E-state index contributed by atoms with van der Waals surface area (Å²) in [4.78, 5) is 12.4. The van der Waals surface area contributed by atoms with Crippen LogP contribution in [0.2, 0.25) is 0 Å². The highest BCUT2D eigenvalue weighted by Gasteiger charge is 2.14. The van der Waals surface area contributed by atoms with Crippen LogP contribution in [0.1, 0.15) is 17.3 Å². The topological polar surface area (TPSA) is 38.3 Å². The predicted molar refractivity (Wildman–Crippen MR) is 80.7 cm³/mol. The zero-order valence-corrected chi connectivity index (χ0v) is 11.8. The highest BCUT2D eigenvalue weighted by Crippen LogP contribution is 2.23. The molecule has 0 spiro atoms. The SMILES string of the molecule is COC[C@H](C)NC(=O)c1ccccc1-c1ccccc1. The third kappa shape index (κ3) is 3.45. The summed E-state index contributed by atoms with van der Waals surface area (Å²) >= 11 is 0. The van der Waals surface area contributed by atoms with Gasteiger partial charge in [0, 0.05) is 18.7 Å². The summed E-state index contributed by atoms with van der Waals surface area (Å²) in [7, 11) is 1.63. The van der Waals surface area contributed by atoms with E-state index < -0.39 is 0 Å². The first-order chi connectivity index (χ1) is 9.72. The summed E-state index contributed by atoms with van der Waals surface area (Å²) in [6.45, 7) is 2.42. The zero-order chi connectivity index (χ0) is 14.4. The highest BCUT2D eigenvalue weighted by atomic mass is 16.5. The Morgan fingerprint density at radius 1 is 1.10 bits per heavy atom. The minimum atomic E-state index is -0.0750. The number of carbonyl (C=O) groups is 1. The fraction of sp³-hybridized carbons (Fsp3) is 0.235. The molecule has 0 aliphatic carbocycles. The molecule has 2 aromatic rings. The molecule has 0 bridgehead atoms. The molecule has 0 unspecified atom stereocenters. The van der Waals surface area contributed by atoms with E-state index in [9.17, 15) is 4.79 Å². The maximum Gasteiger partial charge on any atom is 0.252 e. The third-order valence-corrected chi connectivity index (χ3v) is 3.05. The van der Waals surface area contributed by atoms with E-state index in [1.807, 2.05) is 61.5 Å². The Kier molecular flexibility index (Phi) is 4.91. The smallest absolute Gasteiger partial charge is 0.252 e. The number of hydrogen-bond donors (Lipinski definition) is 1. The molecule has 0 heterocycles. The molecule has 0 aliphatic heterocycles. The number of carbonyl (C=O) groups excluding carboxylic acids is 1. The summed E-state index contributed by atoms with van der Waals surface area (Å²) in [5.74, 6) is -0.0750. The number of methoxy groups -OCH3 is 1. The van der Waals surface area contributed by atoms with Crippen molar-refractivity contribution in [3.05, 3.63) is 60.2 Å². The first-order valence-electron chi connectivity index (χ1n) is 6.66. The molecule has 2 rings (SSSR count). The first-order valence-corrected chi connectivity index (χ1v) is 6.66. The summed E-state index contributed by atoms with van der Waals surface area (Å²) in [5, 5.41) is 2.94. The Labute approximate surface area is 119 Å². The van der Waals surface area contributed by atoms with E-state index >= 15 is 0 Å². The molecule has 2 aromatic carbocycles. The second-order valence-corrected chi connectivity index (χ2v) is 4.74. The molecule has 0 radical (unpaired) electrons. The van der Waals surface area contributed by atoms with E-state index in [1.165, 1.54) is 0 Å². The van der Waals surface area contributed by atoms with Crippen LogP contribution in [0.3, 0.4) is 0 Å². The number of amides is 1. The molecule has 104 valence electrons. The van der Waals surface area contributed by atoms with Crippen LogP contribution >= 0.6 is 0 Å². The molecule has 1 N–H and O–H groups in total. The molecule has 0 aliphatic rings. The fourth-order valence-corrected chi connectivity index (χ4v) is 2.14. The van der Waals surface area contributed by atoms with Crippen LogP contribution < -0.4 is 5.32 Å². The van der Waals surface area contributed by atoms with Gasteiger partial charge in [0.15, 0.2) is 0 Å². The molecular weight excluding hydrogens is 250 g/mol. The Balaban J connectivity index is 2.26. The Morgan fingerprint density at radius 2 is 1.75 bits per heavy atom. The number of nitrogens with one attached hydrogen (secondary N) is 1. The van der Waals surface area contributed by atoms with Crippen LogP contribution in [0.15, 0.2) is 54.6 Å². The van der Waals surface area contributed by atoms with Crippen molar-refractivity contribution < 1.29 is 9.53 Å². The lowest BCUT2D eigenvalue weighted by Gasteiger charge is -2.15. The Bertz CT molecular complexity index is 566. The fourth-order valence-electron chi connectivity index (χ4n) is 2.14. The number of hydrogen-bond acceptors (Lipinski definition) is 2. The van der Waals surface area contributed by atoms with Crippen molar-refractivity contribution in [2.75, 3.05) is 13.7 Å². The van der Waals surface area contributed by atoms with Crippen LogP contribution in [-0.2, 0) is 4.74 Å². The molecule has 20 heavy (non-hydrogen) atoms.